The molecule has 1 amide bonds. The van der Waals surface area contributed by atoms with Gasteiger partial charge in [0.1, 0.15) is 17.2 Å². The maximum Gasteiger partial charge on any atom is 0.259 e. The van der Waals surface area contributed by atoms with Gasteiger partial charge in [-0.3, -0.25) is 4.79 Å². The molecule has 6 heteroatoms. The molecule has 1 aromatic carbocycles. The predicted molar refractivity (Wildman–Crippen MR) is 58.1 cm³/mol. The average Bonchev–Trinajstić information content (AvgIpc) is 2.28. The summed E-state index contributed by atoms with van der Waals surface area (Å²) in [6.07, 6.45) is 0. The van der Waals surface area contributed by atoms with Crippen LogP contribution < -0.4 is 0 Å². The summed E-state index contributed by atoms with van der Waals surface area (Å²) in [5.41, 5.74) is -0.559. The Hall–Kier alpha value is -1.20. The number of amides is 1. The summed E-state index contributed by atoms with van der Waals surface area (Å²) >= 11 is 5.49. The summed E-state index contributed by atoms with van der Waals surface area (Å²) in [7, 11) is 0. The summed E-state index contributed by atoms with van der Waals surface area (Å²) in [5, 5.41) is -0.0708. The van der Waals surface area contributed by atoms with Gasteiger partial charge in [0.15, 0.2) is 0 Å². The van der Waals surface area contributed by atoms with E-state index < -0.39 is 23.1 Å². The molecular weight excluding hydrogens is 252 g/mol. The van der Waals surface area contributed by atoms with E-state index in [-0.39, 0.29) is 5.02 Å². The molecule has 1 aliphatic heterocycles. The van der Waals surface area contributed by atoms with Crippen LogP contribution in [0.1, 0.15) is 10.4 Å². The lowest BCUT2D eigenvalue weighted by atomic mass is 10.1. The third-order valence-electron chi connectivity index (χ3n) is 2.52. The van der Waals surface area contributed by atoms with E-state index in [1.165, 1.54) is 4.90 Å². The first-order chi connectivity index (χ1) is 8.09. The van der Waals surface area contributed by atoms with Crippen molar-refractivity contribution < 1.29 is 18.3 Å². The predicted octanol–water partition coefficient (Wildman–Crippen LogP) is 2.09. The Kier molecular flexibility index (Phi) is 3.59. The average molecular weight is 262 g/mol. The van der Waals surface area contributed by atoms with Crippen LogP contribution in [0.5, 0.6) is 0 Å². The lowest BCUT2D eigenvalue weighted by molar-refractivity contribution is 0.0296. The highest BCUT2D eigenvalue weighted by atomic mass is 35.5. The second-order valence-corrected chi connectivity index (χ2v) is 4.09. The zero-order chi connectivity index (χ0) is 12.4. The Morgan fingerprint density at radius 2 is 1.76 bits per heavy atom. The molecule has 92 valence electrons. The van der Waals surface area contributed by atoms with Crippen molar-refractivity contribution in [3.05, 3.63) is 34.4 Å². The van der Waals surface area contributed by atoms with Gasteiger partial charge in [-0.2, -0.15) is 0 Å². The highest BCUT2D eigenvalue weighted by Gasteiger charge is 2.25. The lowest BCUT2D eigenvalue weighted by Gasteiger charge is -2.27. The van der Waals surface area contributed by atoms with Crippen LogP contribution in [-0.2, 0) is 4.74 Å². The second-order valence-electron chi connectivity index (χ2n) is 3.65. The standard InChI is InChI=1S/C11H10ClF2NO2/c12-7-5-8(13)10(9(14)6-7)11(16)15-1-3-17-4-2-15/h5-6H,1-4H2. The molecule has 2 rings (SSSR count). The van der Waals surface area contributed by atoms with Gasteiger partial charge >= 0.3 is 0 Å². The highest BCUT2D eigenvalue weighted by molar-refractivity contribution is 6.30. The number of carbonyl (C=O) groups is 1. The number of carbonyl (C=O) groups excluding carboxylic acids is 1. The fourth-order valence-electron chi connectivity index (χ4n) is 1.67. The first kappa shape index (κ1) is 12.3. The van der Waals surface area contributed by atoms with Gasteiger partial charge in [-0.25, -0.2) is 8.78 Å². The molecular formula is C11H10ClF2NO2. The van der Waals surface area contributed by atoms with Crippen LogP contribution in [0.15, 0.2) is 12.1 Å². The summed E-state index contributed by atoms with van der Waals surface area (Å²) in [4.78, 5) is 13.3. The number of halogens is 3. The Morgan fingerprint density at radius 1 is 1.24 bits per heavy atom. The molecule has 0 atom stereocenters. The van der Waals surface area contributed by atoms with Crippen LogP contribution in [-0.4, -0.2) is 37.1 Å². The topological polar surface area (TPSA) is 29.5 Å². The summed E-state index contributed by atoms with van der Waals surface area (Å²) < 4.78 is 32.1. The Balaban J connectivity index is 2.30. The number of rotatable bonds is 1. The molecule has 0 radical (unpaired) electrons. The molecule has 0 aromatic heterocycles. The van der Waals surface area contributed by atoms with Gasteiger partial charge in [-0.15, -0.1) is 0 Å². The fourth-order valence-corrected chi connectivity index (χ4v) is 1.86. The van der Waals surface area contributed by atoms with Crippen molar-refractivity contribution in [1.82, 2.24) is 4.90 Å². The third-order valence-corrected chi connectivity index (χ3v) is 2.74. The normalized spacial score (nSPS) is 16.1. The quantitative estimate of drug-likeness (QED) is 0.775. The van der Waals surface area contributed by atoms with Crippen molar-refractivity contribution in [2.24, 2.45) is 0 Å². The number of hydrogen-bond donors (Lipinski definition) is 0. The number of nitrogens with zero attached hydrogens (tertiary/aromatic N) is 1. The van der Waals surface area contributed by atoms with Gasteiger partial charge in [0.2, 0.25) is 0 Å². The van der Waals surface area contributed by atoms with E-state index in [1.807, 2.05) is 0 Å². The van der Waals surface area contributed by atoms with E-state index in [2.05, 4.69) is 0 Å². The van der Waals surface area contributed by atoms with Crippen molar-refractivity contribution in [3.63, 3.8) is 0 Å². The Labute approximate surface area is 102 Å². The summed E-state index contributed by atoms with van der Waals surface area (Å²) in [5.74, 6) is -2.54. The highest BCUT2D eigenvalue weighted by Crippen LogP contribution is 2.20. The Bertz CT molecular complexity index is 424. The molecule has 1 fully saturated rings. The molecule has 0 saturated carbocycles. The van der Waals surface area contributed by atoms with Crippen molar-refractivity contribution in [1.29, 1.82) is 0 Å². The monoisotopic (exact) mass is 261 g/mol. The van der Waals surface area contributed by atoms with E-state index in [9.17, 15) is 13.6 Å². The largest absolute Gasteiger partial charge is 0.378 e. The second kappa shape index (κ2) is 4.98. The molecule has 17 heavy (non-hydrogen) atoms. The molecule has 1 heterocycles. The van der Waals surface area contributed by atoms with Crippen LogP contribution in [0.25, 0.3) is 0 Å². The fraction of sp³-hybridized carbons (Fsp3) is 0.364. The van der Waals surface area contributed by atoms with Crippen LogP contribution in [0.4, 0.5) is 8.78 Å². The van der Waals surface area contributed by atoms with Crippen molar-refractivity contribution >= 4 is 17.5 Å². The van der Waals surface area contributed by atoms with Crippen LogP contribution in [0.2, 0.25) is 5.02 Å². The van der Waals surface area contributed by atoms with E-state index in [0.29, 0.717) is 26.3 Å². The minimum Gasteiger partial charge on any atom is -0.378 e. The van der Waals surface area contributed by atoms with Gasteiger partial charge in [0.25, 0.3) is 5.91 Å². The summed E-state index contributed by atoms with van der Waals surface area (Å²) in [6.45, 7) is 1.42. The van der Waals surface area contributed by atoms with Crippen molar-refractivity contribution in [3.8, 4) is 0 Å². The molecule has 3 nitrogen and oxygen atoms in total. The number of benzene rings is 1. The third kappa shape index (κ3) is 2.56. The van der Waals surface area contributed by atoms with E-state index >= 15 is 0 Å². The number of ether oxygens (including phenoxy) is 1. The van der Waals surface area contributed by atoms with Crippen molar-refractivity contribution in [2.75, 3.05) is 26.3 Å². The molecule has 1 saturated heterocycles. The first-order valence-electron chi connectivity index (χ1n) is 5.11. The maximum absolute atomic E-state index is 13.5. The van der Waals surface area contributed by atoms with Crippen molar-refractivity contribution in [2.45, 2.75) is 0 Å². The lowest BCUT2D eigenvalue weighted by Crippen LogP contribution is -2.41. The summed E-state index contributed by atoms with van der Waals surface area (Å²) in [6, 6.07) is 1.86. The molecule has 0 unspecified atom stereocenters. The van der Waals surface area contributed by atoms with E-state index in [1.54, 1.807) is 0 Å². The minimum atomic E-state index is -0.938. The van der Waals surface area contributed by atoms with Gasteiger partial charge in [-0.05, 0) is 12.1 Å². The first-order valence-corrected chi connectivity index (χ1v) is 5.49. The molecule has 0 aliphatic carbocycles. The van der Waals surface area contributed by atoms with E-state index in [0.717, 1.165) is 12.1 Å². The maximum atomic E-state index is 13.5. The van der Waals surface area contributed by atoms with Gasteiger partial charge in [-0.1, -0.05) is 11.6 Å². The molecule has 0 spiro atoms. The zero-order valence-electron chi connectivity index (χ0n) is 8.88. The van der Waals surface area contributed by atoms with Crippen LogP contribution >= 0.6 is 11.6 Å². The smallest absolute Gasteiger partial charge is 0.259 e. The van der Waals surface area contributed by atoms with E-state index in [4.69, 9.17) is 16.3 Å². The zero-order valence-corrected chi connectivity index (χ0v) is 9.64. The molecule has 0 bridgehead atoms. The number of morpholine rings is 1. The van der Waals surface area contributed by atoms with Crippen LogP contribution in [0.3, 0.4) is 0 Å². The number of hydrogen-bond acceptors (Lipinski definition) is 2. The van der Waals surface area contributed by atoms with Crippen LogP contribution in [0, 0.1) is 11.6 Å². The SMILES string of the molecule is O=C(c1c(F)cc(Cl)cc1F)N1CCOCC1. The van der Waals surface area contributed by atoms with Gasteiger partial charge < -0.3 is 9.64 Å². The van der Waals surface area contributed by atoms with Gasteiger partial charge in [0.05, 0.1) is 13.2 Å². The molecule has 1 aromatic rings. The molecule has 0 N–H and O–H groups in total. The minimum absolute atomic E-state index is 0.0708. The van der Waals surface area contributed by atoms with Gasteiger partial charge in [0, 0.05) is 18.1 Å². The molecule has 1 aliphatic rings. The Morgan fingerprint density at radius 3 is 2.29 bits per heavy atom.